The second-order valence-corrected chi connectivity index (χ2v) is 7.36. The number of Topliss-reactive ketones (excluding diaryl/α,β-unsaturated/α-hetero) is 1. The second kappa shape index (κ2) is 9.04. The van der Waals surface area contributed by atoms with Crippen LogP contribution in [0.25, 0.3) is 6.08 Å². The molecule has 33 heavy (non-hydrogen) atoms. The van der Waals surface area contributed by atoms with E-state index in [0.717, 1.165) is 0 Å². The normalized spacial score (nSPS) is 14.5. The van der Waals surface area contributed by atoms with E-state index in [-0.39, 0.29) is 40.6 Å². The van der Waals surface area contributed by atoms with Crippen LogP contribution in [0.2, 0.25) is 0 Å². The van der Waals surface area contributed by atoms with Crippen molar-refractivity contribution in [3.63, 3.8) is 0 Å². The van der Waals surface area contributed by atoms with Crippen LogP contribution in [-0.4, -0.2) is 41.2 Å². The monoisotopic (exact) mass is 447 g/mol. The molecule has 0 fully saturated rings. The molecule has 1 aliphatic rings. The van der Waals surface area contributed by atoms with Gasteiger partial charge in [-0.3, -0.25) is 14.6 Å². The van der Waals surface area contributed by atoms with Crippen molar-refractivity contribution in [2.45, 2.75) is 12.3 Å². The number of carbonyl (C=O) groups is 2. The molecule has 8 heteroatoms. The molecule has 8 nitrogen and oxygen atoms in total. The van der Waals surface area contributed by atoms with Crippen molar-refractivity contribution in [3.05, 3.63) is 82.9 Å². The van der Waals surface area contributed by atoms with Crippen molar-refractivity contribution in [1.82, 2.24) is 4.98 Å². The largest absolute Gasteiger partial charge is 0.508 e. The van der Waals surface area contributed by atoms with E-state index in [0.29, 0.717) is 22.6 Å². The number of carboxylic acid groups (broad SMARTS) is 1. The molecule has 0 spiro atoms. The number of benzene rings is 2. The van der Waals surface area contributed by atoms with Crippen molar-refractivity contribution in [2.75, 3.05) is 14.2 Å². The number of carbonyl (C=O) groups excluding carboxylic acids is 1. The number of carboxylic acids is 1. The Morgan fingerprint density at radius 1 is 1.18 bits per heavy atom. The van der Waals surface area contributed by atoms with Crippen LogP contribution in [0.5, 0.6) is 23.0 Å². The van der Waals surface area contributed by atoms with Gasteiger partial charge in [0.15, 0.2) is 5.76 Å². The van der Waals surface area contributed by atoms with Crippen LogP contribution in [0.1, 0.15) is 39.4 Å². The Morgan fingerprint density at radius 2 is 2.00 bits per heavy atom. The lowest BCUT2D eigenvalue weighted by atomic mass is 9.87. The van der Waals surface area contributed by atoms with Gasteiger partial charge in [-0.2, -0.15) is 0 Å². The first-order valence-corrected chi connectivity index (χ1v) is 10.1. The first-order chi connectivity index (χ1) is 15.9. The number of hydrogen-bond donors (Lipinski definition) is 2. The van der Waals surface area contributed by atoms with E-state index in [4.69, 9.17) is 14.2 Å². The van der Waals surface area contributed by atoms with Crippen LogP contribution in [-0.2, 0) is 4.79 Å². The van der Waals surface area contributed by atoms with Crippen molar-refractivity contribution in [1.29, 1.82) is 0 Å². The topological polar surface area (TPSA) is 115 Å². The number of aromatic hydroxyl groups is 1. The van der Waals surface area contributed by atoms with Gasteiger partial charge < -0.3 is 24.4 Å². The van der Waals surface area contributed by atoms with Gasteiger partial charge in [-0.15, -0.1) is 0 Å². The van der Waals surface area contributed by atoms with Crippen LogP contribution >= 0.6 is 0 Å². The summed E-state index contributed by atoms with van der Waals surface area (Å²) in [6.45, 7) is 0. The lowest BCUT2D eigenvalue weighted by molar-refractivity contribution is -0.137. The highest BCUT2D eigenvalue weighted by atomic mass is 16.5. The number of allylic oxidation sites excluding steroid dienone is 1. The van der Waals surface area contributed by atoms with Crippen molar-refractivity contribution in [3.8, 4) is 23.0 Å². The van der Waals surface area contributed by atoms with Crippen molar-refractivity contribution in [2.24, 2.45) is 0 Å². The van der Waals surface area contributed by atoms with Gasteiger partial charge in [0.1, 0.15) is 23.0 Å². The molecule has 2 N–H and O–H groups in total. The Labute approximate surface area is 189 Å². The smallest absolute Gasteiger partial charge is 0.304 e. The van der Waals surface area contributed by atoms with Crippen LogP contribution in [0.4, 0.5) is 0 Å². The van der Waals surface area contributed by atoms with Crippen molar-refractivity contribution >= 4 is 17.8 Å². The van der Waals surface area contributed by atoms with Gasteiger partial charge in [0.25, 0.3) is 0 Å². The standard InChI is InChI=1S/C25H21NO7/c1-31-16-6-5-14(20(11-16)32-2)10-21-24(30)17-7-8-19(27)23(25(17)33-21)18(12-22(28)29)15-4-3-9-26-13-15/h3-11,13,18,27H,12H2,1-2H3,(H,28,29). The van der Waals surface area contributed by atoms with E-state index >= 15 is 0 Å². The third-order valence-corrected chi connectivity index (χ3v) is 5.39. The maximum atomic E-state index is 13.1. The number of pyridine rings is 1. The lowest BCUT2D eigenvalue weighted by Gasteiger charge is -2.19. The summed E-state index contributed by atoms with van der Waals surface area (Å²) in [4.78, 5) is 28.8. The summed E-state index contributed by atoms with van der Waals surface area (Å²) in [6.07, 6.45) is 4.32. The lowest BCUT2D eigenvalue weighted by Crippen LogP contribution is -2.10. The predicted octanol–water partition coefficient (Wildman–Crippen LogP) is 4.03. The molecule has 3 aromatic rings. The summed E-state index contributed by atoms with van der Waals surface area (Å²) >= 11 is 0. The molecular weight excluding hydrogens is 426 g/mol. The molecule has 4 rings (SSSR count). The molecule has 1 aliphatic heterocycles. The molecule has 168 valence electrons. The number of rotatable bonds is 7. The van der Waals surface area contributed by atoms with Gasteiger partial charge in [-0.25, -0.2) is 0 Å². The van der Waals surface area contributed by atoms with E-state index in [2.05, 4.69) is 4.98 Å². The fourth-order valence-corrected chi connectivity index (χ4v) is 3.82. The summed E-state index contributed by atoms with van der Waals surface area (Å²) in [6, 6.07) is 11.4. The minimum absolute atomic E-state index is 0.0283. The maximum Gasteiger partial charge on any atom is 0.304 e. The first kappa shape index (κ1) is 21.9. The average molecular weight is 447 g/mol. The Balaban J connectivity index is 1.80. The van der Waals surface area contributed by atoms with Crippen LogP contribution in [0.3, 0.4) is 0 Å². The Hall–Kier alpha value is -4.33. The Bertz CT molecular complexity index is 1250. The summed E-state index contributed by atoms with van der Waals surface area (Å²) in [5, 5.41) is 20.2. The first-order valence-electron chi connectivity index (χ1n) is 10.1. The molecule has 0 radical (unpaired) electrons. The summed E-state index contributed by atoms with van der Waals surface area (Å²) < 4.78 is 16.5. The molecule has 0 amide bonds. The van der Waals surface area contributed by atoms with E-state index in [9.17, 15) is 19.8 Å². The van der Waals surface area contributed by atoms with Gasteiger partial charge in [0, 0.05) is 35.5 Å². The molecular formula is C25H21NO7. The Kier molecular flexibility index (Phi) is 5.99. The minimum atomic E-state index is -1.07. The molecule has 0 bridgehead atoms. The quantitative estimate of drug-likeness (QED) is 0.522. The summed E-state index contributed by atoms with van der Waals surface area (Å²) in [5.74, 6) is -1.15. The molecule has 2 aromatic carbocycles. The number of nitrogens with zero attached hydrogens (tertiary/aromatic N) is 1. The second-order valence-electron chi connectivity index (χ2n) is 7.36. The molecule has 0 saturated carbocycles. The molecule has 1 aromatic heterocycles. The molecule has 0 saturated heterocycles. The zero-order valence-electron chi connectivity index (χ0n) is 17.9. The zero-order valence-corrected chi connectivity index (χ0v) is 17.9. The zero-order chi connectivity index (χ0) is 23.5. The number of ketones is 1. The number of methoxy groups -OCH3 is 2. The van der Waals surface area contributed by atoms with E-state index in [1.807, 2.05) is 0 Å². The fourth-order valence-electron chi connectivity index (χ4n) is 3.82. The van der Waals surface area contributed by atoms with Crippen LogP contribution in [0.15, 0.2) is 60.6 Å². The summed E-state index contributed by atoms with van der Waals surface area (Å²) in [5.41, 5.74) is 1.63. The van der Waals surface area contributed by atoms with Gasteiger partial charge in [-0.1, -0.05) is 6.07 Å². The van der Waals surface area contributed by atoms with Crippen molar-refractivity contribution < 1.29 is 34.0 Å². The number of hydrogen-bond acceptors (Lipinski definition) is 7. The predicted molar refractivity (Wildman–Crippen MR) is 119 cm³/mol. The molecule has 1 atom stereocenters. The number of aromatic nitrogens is 1. The van der Waals surface area contributed by atoms with Crippen LogP contribution < -0.4 is 14.2 Å². The average Bonchev–Trinajstić information content (AvgIpc) is 3.13. The van der Waals surface area contributed by atoms with Crippen LogP contribution in [0, 0.1) is 0 Å². The number of ether oxygens (including phenoxy) is 3. The van der Waals surface area contributed by atoms with Gasteiger partial charge in [-0.05, 0) is 42.0 Å². The fraction of sp³-hybridized carbons (Fsp3) is 0.160. The third kappa shape index (κ3) is 4.23. The Morgan fingerprint density at radius 3 is 2.67 bits per heavy atom. The van der Waals surface area contributed by atoms with E-state index in [1.54, 1.807) is 36.5 Å². The highest BCUT2D eigenvalue weighted by Crippen LogP contribution is 2.46. The highest BCUT2D eigenvalue weighted by Gasteiger charge is 2.35. The van der Waals surface area contributed by atoms with E-state index < -0.39 is 11.9 Å². The maximum absolute atomic E-state index is 13.1. The minimum Gasteiger partial charge on any atom is -0.508 e. The highest BCUT2D eigenvalue weighted by molar-refractivity contribution is 6.15. The summed E-state index contributed by atoms with van der Waals surface area (Å²) in [7, 11) is 3.04. The van der Waals surface area contributed by atoms with Gasteiger partial charge in [0.2, 0.25) is 5.78 Å². The van der Waals surface area contributed by atoms with Gasteiger partial charge >= 0.3 is 5.97 Å². The third-order valence-electron chi connectivity index (χ3n) is 5.39. The van der Waals surface area contributed by atoms with Gasteiger partial charge in [0.05, 0.1) is 26.2 Å². The molecule has 0 aliphatic carbocycles. The van der Waals surface area contributed by atoms with E-state index in [1.165, 1.54) is 38.6 Å². The molecule has 2 heterocycles. The number of phenols is 1. The SMILES string of the molecule is COc1ccc(C=C2Oc3c(ccc(O)c3C(CC(=O)O)c3cccnc3)C2=O)c(OC)c1. The number of fused-ring (bicyclic) bond motifs is 1. The number of aliphatic carboxylic acids is 1. The molecule has 1 unspecified atom stereocenters. The number of phenolic OH excluding ortho intramolecular Hbond substituents is 1.